The highest BCUT2D eigenvalue weighted by molar-refractivity contribution is 6.03. The molecule has 0 radical (unpaired) electrons. The molecule has 9 heteroatoms. The highest BCUT2D eigenvalue weighted by Gasteiger charge is 2.30. The number of nitrogens with one attached hydrogen (secondary N) is 2. The number of furan rings is 1. The lowest BCUT2D eigenvalue weighted by molar-refractivity contribution is -0.137. The van der Waals surface area contributed by atoms with Crippen molar-refractivity contribution in [1.82, 2.24) is 10.9 Å². The van der Waals surface area contributed by atoms with Crippen LogP contribution in [0.4, 0.5) is 13.2 Å². The number of rotatable bonds is 4. The molecule has 6 nitrogen and oxygen atoms in total. The highest BCUT2D eigenvalue weighted by atomic mass is 19.4. The van der Waals surface area contributed by atoms with Crippen molar-refractivity contribution in [3.63, 3.8) is 0 Å². The van der Waals surface area contributed by atoms with Crippen LogP contribution in [0.1, 0.15) is 21.7 Å². The molecule has 2 amide bonds. The van der Waals surface area contributed by atoms with Crippen molar-refractivity contribution in [2.45, 2.75) is 6.18 Å². The second kappa shape index (κ2) is 9.00. The summed E-state index contributed by atoms with van der Waals surface area (Å²) >= 11 is 0. The summed E-state index contributed by atoms with van der Waals surface area (Å²) in [6.07, 6.45) is -3.39. The second-order valence-electron chi connectivity index (χ2n) is 6.22. The minimum atomic E-state index is -4.50. The lowest BCUT2D eigenvalue weighted by atomic mass is 10.1. The Morgan fingerprint density at radius 3 is 2.39 bits per heavy atom. The molecular weight excluding hydrogens is 411 g/mol. The van der Waals surface area contributed by atoms with Gasteiger partial charge in [0.2, 0.25) is 0 Å². The van der Waals surface area contributed by atoms with Crippen molar-refractivity contribution in [3.8, 4) is 17.4 Å². The van der Waals surface area contributed by atoms with Gasteiger partial charge in [-0.15, -0.1) is 0 Å². The van der Waals surface area contributed by atoms with E-state index in [1.54, 1.807) is 36.4 Å². The van der Waals surface area contributed by atoms with Gasteiger partial charge in [0.15, 0.2) is 0 Å². The fraction of sp³-hybridized carbons (Fsp3) is 0.0455. The summed E-state index contributed by atoms with van der Waals surface area (Å²) in [5.74, 6) is -1.25. The summed E-state index contributed by atoms with van der Waals surface area (Å²) in [5, 5.41) is 9.23. The van der Waals surface area contributed by atoms with Gasteiger partial charge >= 0.3 is 6.18 Å². The summed E-state index contributed by atoms with van der Waals surface area (Å²) in [6, 6.07) is 17.2. The van der Waals surface area contributed by atoms with Crippen LogP contribution in [0.5, 0.6) is 0 Å². The third kappa shape index (κ3) is 5.39. The average molecular weight is 425 g/mol. The Hall–Kier alpha value is -4.32. The van der Waals surface area contributed by atoms with Gasteiger partial charge in [-0.2, -0.15) is 18.4 Å². The van der Waals surface area contributed by atoms with E-state index in [2.05, 4.69) is 10.9 Å². The molecule has 2 aromatic carbocycles. The van der Waals surface area contributed by atoms with Crippen LogP contribution < -0.4 is 10.9 Å². The fourth-order valence-corrected chi connectivity index (χ4v) is 2.57. The van der Waals surface area contributed by atoms with Crippen LogP contribution in [0.25, 0.3) is 17.4 Å². The number of carbonyl (C=O) groups is 2. The normalized spacial score (nSPS) is 11.5. The summed E-state index contributed by atoms with van der Waals surface area (Å²) in [4.78, 5) is 24.1. The Labute approximate surface area is 174 Å². The van der Waals surface area contributed by atoms with Crippen molar-refractivity contribution in [2.24, 2.45) is 0 Å². The Bertz CT molecular complexity index is 1180. The quantitative estimate of drug-likeness (QED) is 0.369. The van der Waals surface area contributed by atoms with Crippen LogP contribution in [0, 0.1) is 11.3 Å². The second-order valence-corrected chi connectivity index (χ2v) is 6.22. The molecule has 0 saturated heterocycles. The molecule has 0 saturated carbocycles. The Morgan fingerprint density at radius 1 is 0.968 bits per heavy atom. The van der Waals surface area contributed by atoms with Gasteiger partial charge in [-0.3, -0.25) is 20.4 Å². The zero-order valence-electron chi connectivity index (χ0n) is 15.7. The lowest BCUT2D eigenvalue weighted by Gasteiger charge is -2.07. The Balaban J connectivity index is 1.72. The Kier molecular flexibility index (Phi) is 6.21. The van der Waals surface area contributed by atoms with Crippen LogP contribution in [-0.4, -0.2) is 11.8 Å². The number of hydrogen-bond acceptors (Lipinski definition) is 4. The van der Waals surface area contributed by atoms with Crippen LogP contribution >= 0.6 is 0 Å². The molecule has 3 rings (SSSR count). The molecule has 3 aromatic rings. The van der Waals surface area contributed by atoms with Gasteiger partial charge in [0.25, 0.3) is 11.8 Å². The van der Waals surface area contributed by atoms with E-state index in [4.69, 9.17) is 4.42 Å². The van der Waals surface area contributed by atoms with Crippen molar-refractivity contribution in [1.29, 1.82) is 5.26 Å². The first kappa shape index (κ1) is 21.4. The van der Waals surface area contributed by atoms with Gasteiger partial charge in [0.1, 0.15) is 23.2 Å². The molecule has 0 unspecified atom stereocenters. The topological polar surface area (TPSA) is 95.1 Å². The molecule has 0 aliphatic rings. The van der Waals surface area contributed by atoms with Crippen LogP contribution in [0.2, 0.25) is 0 Å². The largest absolute Gasteiger partial charge is 0.457 e. The minimum Gasteiger partial charge on any atom is -0.457 e. The monoisotopic (exact) mass is 425 g/mol. The van der Waals surface area contributed by atoms with Crippen LogP contribution in [0.15, 0.2) is 76.7 Å². The number of nitrogens with zero attached hydrogens (tertiary/aromatic N) is 1. The van der Waals surface area contributed by atoms with Gasteiger partial charge in [-0.1, -0.05) is 30.3 Å². The lowest BCUT2D eigenvalue weighted by Crippen LogP contribution is -2.42. The molecule has 0 aliphatic carbocycles. The average Bonchev–Trinajstić information content (AvgIpc) is 3.24. The first-order chi connectivity index (χ1) is 14.8. The molecule has 0 fully saturated rings. The zero-order chi connectivity index (χ0) is 22.4. The molecule has 0 aliphatic heterocycles. The summed E-state index contributed by atoms with van der Waals surface area (Å²) in [6.45, 7) is 0. The number of nitriles is 1. The molecule has 31 heavy (non-hydrogen) atoms. The first-order valence-corrected chi connectivity index (χ1v) is 8.83. The zero-order valence-corrected chi connectivity index (χ0v) is 15.7. The number of halogens is 3. The van der Waals surface area contributed by atoms with Crippen molar-refractivity contribution in [3.05, 3.63) is 89.2 Å². The number of benzene rings is 2. The molecule has 2 N–H and O–H groups in total. The SMILES string of the molecule is N#CC(=Cc1ccc(-c2cccc(C(F)(F)F)c2)o1)C(=O)NNC(=O)c1ccccc1. The number of alkyl halides is 3. The fourth-order valence-electron chi connectivity index (χ4n) is 2.57. The predicted octanol–water partition coefficient (Wildman–Crippen LogP) is 4.33. The van der Waals surface area contributed by atoms with E-state index in [-0.39, 0.29) is 22.7 Å². The van der Waals surface area contributed by atoms with Crippen LogP contribution in [-0.2, 0) is 11.0 Å². The first-order valence-electron chi connectivity index (χ1n) is 8.83. The predicted molar refractivity (Wildman–Crippen MR) is 105 cm³/mol. The van der Waals surface area contributed by atoms with Gasteiger partial charge in [-0.05, 0) is 36.4 Å². The smallest absolute Gasteiger partial charge is 0.416 e. The van der Waals surface area contributed by atoms with Crippen LogP contribution in [0.3, 0.4) is 0 Å². The maximum absolute atomic E-state index is 12.9. The van der Waals surface area contributed by atoms with E-state index < -0.39 is 23.6 Å². The van der Waals surface area contributed by atoms with E-state index >= 15 is 0 Å². The molecular formula is C22H14F3N3O3. The molecule has 0 bridgehead atoms. The number of hydrogen-bond donors (Lipinski definition) is 2. The van der Waals surface area contributed by atoms with Gasteiger partial charge in [0.05, 0.1) is 5.56 Å². The van der Waals surface area contributed by atoms with E-state index in [0.29, 0.717) is 5.56 Å². The highest BCUT2D eigenvalue weighted by Crippen LogP contribution is 2.32. The number of hydrazine groups is 1. The maximum atomic E-state index is 12.9. The molecule has 156 valence electrons. The van der Waals surface area contributed by atoms with Gasteiger partial charge < -0.3 is 4.42 Å². The van der Waals surface area contributed by atoms with Gasteiger partial charge in [-0.25, -0.2) is 0 Å². The van der Waals surface area contributed by atoms with Crippen molar-refractivity contribution in [2.75, 3.05) is 0 Å². The summed E-state index contributed by atoms with van der Waals surface area (Å²) < 4.78 is 44.1. The third-order valence-electron chi connectivity index (χ3n) is 4.08. The number of carbonyl (C=O) groups excluding carboxylic acids is 2. The minimum absolute atomic E-state index is 0.0773. The molecule has 0 atom stereocenters. The molecule has 1 heterocycles. The number of amides is 2. The van der Waals surface area contributed by atoms with E-state index in [9.17, 15) is 28.0 Å². The van der Waals surface area contributed by atoms with E-state index in [1.165, 1.54) is 24.3 Å². The maximum Gasteiger partial charge on any atom is 0.416 e. The summed E-state index contributed by atoms with van der Waals surface area (Å²) in [7, 11) is 0. The van der Waals surface area contributed by atoms with Gasteiger partial charge in [0, 0.05) is 17.2 Å². The Morgan fingerprint density at radius 2 is 1.71 bits per heavy atom. The molecule has 0 spiro atoms. The molecule has 1 aromatic heterocycles. The third-order valence-corrected chi connectivity index (χ3v) is 4.08. The summed E-state index contributed by atoms with van der Waals surface area (Å²) in [5.41, 5.74) is 3.59. The van der Waals surface area contributed by atoms with E-state index in [0.717, 1.165) is 18.2 Å². The van der Waals surface area contributed by atoms with E-state index in [1.807, 2.05) is 0 Å². The van der Waals surface area contributed by atoms with Crippen molar-refractivity contribution < 1.29 is 27.2 Å². The van der Waals surface area contributed by atoms with Crippen molar-refractivity contribution >= 4 is 17.9 Å². The standard InChI is InChI=1S/C22H14F3N3O3/c23-22(24,25)17-8-4-7-15(11-17)19-10-9-18(31-19)12-16(13-26)21(30)28-27-20(29)14-5-2-1-3-6-14/h1-12H,(H,27,29)(H,28,30).